The van der Waals surface area contributed by atoms with Crippen molar-refractivity contribution < 1.29 is 63.4 Å². The van der Waals surface area contributed by atoms with Gasteiger partial charge in [0.05, 0.1) is 0 Å². The van der Waals surface area contributed by atoms with Gasteiger partial charge in [0.25, 0.3) is 0 Å². The summed E-state index contributed by atoms with van der Waals surface area (Å²) in [4.78, 5) is 0. The van der Waals surface area contributed by atoms with Gasteiger partial charge in [-0.1, -0.05) is 33.1 Å². The van der Waals surface area contributed by atoms with Crippen LogP contribution in [0.1, 0.15) is 31.9 Å². The van der Waals surface area contributed by atoms with Gasteiger partial charge in [0.2, 0.25) is 0 Å². The van der Waals surface area contributed by atoms with E-state index >= 15 is 0 Å². The van der Waals surface area contributed by atoms with Gasteiger partial charge in [-0.15, -0.1) is 0 Å². The summed E-state index contributed by atoms with van der Waals surface area (Å²) in [5.74, 6) is 0. The third-order valence-electron chi connectivity index (χ3n) is 1.77. The van der Waals surface area contributed by atoms with Gasteiger partial charge in [0, 0.05) is 0 Å². The molecule has 1 aromatic carbocycles. The monoisotopic (exact) mass is 330 g/mol. The van der Waals surface area contributed by atoms with Crippen molar-refractivity contribution >= 4 is 0 Å². The molecular weight excluding hydrogens is 318 g/mol. The summed E-state index contributed by atoms with van der Waals surface area (Å²) in [5, 5.41) is 0. The Morgan fingerprint density at radius 2 is 1.50 bits per heavy atom. The van der Waals surface area contributed by atoms with E-state index in [9.17, 15) is 0 Å². The Bertz CT molecular complexity index is 226. The molecule has 0 bridgehead atoms. The van der Waals surface area contributed by atoms with E-state index in [1.54, 1.807) is 0 Å². The molecule has 0 spiro atoms. The fraction of sp³-hybridized carbons (Fsp3) is 0.500. The largest absolute Gasteiger partial charge is 4.00 e. The Balaban J connectivity index is -0.000000125. The summed E-state index contributed by atoms with van der Waals surface area (Å²) in [5.41, 5.74) is 3.11. The Kier molecular flexibility index (Phi) is 16.3. The van der Waals surface area contributed by atoms with E-state index in [4.69, 9.17) is 0 Å². The molecule has 4 heteroatoms. The zero-order valence-corrected chi connectivity index (χ0v) is 13.6. The van der Waals surface area contributed by atoms with Gasteiger partial charge in [0.1, 0.15) is 0 Å². The molecule has 0 N–H and O–H groups in total. The topological polar surface area (TPSA) is 0 Å². The molecule has 0 nitrogen and oxygen atoms in total. The van der Waals surface area contributed by atoms with Crippen LogP contribution >= 0.6 is 0 Å². The minimum Gasteiger partial charge on any atom is -1.00 e. The first kappa shape index (κ1) is 24.4. The zero-order valence-electron chi connectivity index (χ0n) is 8.87. The maximum atomic E-state index is 2.25. The van der Waals surface area contributed by atoms with E-state index < -0.39 is 0 Å². The van der Waals surface area contributed by atoms with Crippen molar-refractivity contribution in [3.63, 3.8) is 0 Å². The van der Waals surface area contributed by atoms with Crippen LogP contribution in [0.15, 0.2) is 18.2 Å². The molecule has 0 aromatic heterocycles. The normalized spacial score (nSPS) is 8.57. The van der Waals surface area contributed by atoms with Gasteiger partial charge in [-0.25, -0.2) is 6.07 Å². The van der Waals surface area contributed by atoms with Crippen LogP contribution in [-0.4, -0.2) is 0 Å². The molecule has 0 saturated heterocycles. The van der Waals surface area contributed by atoms with Crippen LogP contribution < -0.4 is 37.2 Å². The molecule has 0 unspecified atom stereocenters. The molecule has 0 atom stereocenters. The molecule has 1 aromatic rings. The Hall–Kier alpha value is 1.10. The SMILES string of the molecule is Cc1cc(C(C)(C)C)c[cH-]1.[Cl-].[Cl-].[Cl-].[Zr+4]. The molecule has 80 valence electrons. The first-order valence-electron chi connectivity index (χ1n) is 3.74. The van der Waals surface area contributed by atoms with Gasteiger partial charge in [-0.2, -0.15) is 23.3 Å². The predicted molar refractivity (Wildman–Crippen MR) is 45.5 cm³/mol. The molecule has 0 heterocycles. The number of aryl methyl sites for hydroxylation is 1. The van der Waals surface area contributed by atoms with E-state index in [0.717, 1.165) is 0 Å². The van der Waals surface area contributed by atoms with Crippen LogP contribution in [0, 0.1) is 6.92 Å². The second-order valence-corrected chi connectivity index (χ2v) is 3.93. The number of hydrogen-bond donors (Lipinski definition) is 0. The molecular formula is C10H15Cl3Zr. The van der Waals surface area contributed by atoms with Gasteiger partial charge < -0.3 is 37.2 Å². The van der Waals surface area contributed by atoms with E-state index in [-0.39, 0.29) is 63.4 Å². The number of hydrogen-bond acceptors (Lipinski definition) is 0. The molecule has 14 heavy (non-hydrogen) atoms. The van der Waals surface area contributed by atoms with Crippen molar-refractivity contribution in [2.45, 2.75) is 33.1 Å². The van der Waals surface area contributed by atoms with E-state index in [2.05, 4.69) is 45.9 Å². The van der Waals surface area contributed by atoms with Crippen molar-refractivity contribution in [3.05, 3.63) is 29.3 Å². The van der Waals surface area contributed by atoms with Gasteiger partial charge in [-0.05, 0) is 0 Å². The van der Waals surface area contributed by atoms with Crippen molar-refractivity contribution in [1.82, 2.24) is 0 Å². The van der Waals surface area contributed by atoms with Gasteiger partial charge in [-0.3, -0.25) is 0 Å². The van der Waals surface area contributed by atoms with E-state index in [1.165, 1.54) is 11.1 Å². The minimum atomic E-state index is 0. The first-order valence-corrected chi connectivity index (χ1v) is 3.74. The fourth-order valence-electron chi connectivity index (χ4n) is 1.03. The molecule has 0 aliphatic heterocycles. The predicted octanol–water partition coefficient (Wildman–Crippen LogP) is -5.98. The third kappa shape index (κ3) is 7.40. The molecule has 0 amide bonds. The van der Waals surface area contributed by atoms with Crippen molar-refractivity contribution in [2.75, 3.05) is 0 Å². The Morgan fingerprint density at radius 3 is 1.64 bits per heavy atom. The van der Waals surface area contributed by atoms with Gasteiger partial charge >= 0.3 is 26.2 Å². The molecule has 1 rings (SSSR count). The maximum Gasteiger partial charge on any atom is 4.00 e. The fourth-order valence-corrected chi connectivity index (χ4v) is 1.03. The van der Waals surface area contributed by atoms with Crippen LogP contribution in [-0.2, 0) is 31.6 Å². The second-order valence-electron chi connectivity index (χ2n) is 3.93. The average Bonchev–Trinajstić information content (AvgIpc) is 2.11. The second kappa shape index (κ2) is 9.34. The van der Waals surface area contributed by atoms with Crippen LogP contribution in [0.25, 0.3) is 0 Å². The molecule has 0 radical (unpaired) electrons. The zero-order chi connectivity index (χ0) is 7.78. The molecule has 0 saturated carbocycles. The quantitative estimate of drug-likeness (QED) is 0.415. The molecule has 0 aliphatic carbocycles. The molecule has 0 fully saturated rings. The van der Waals surface area contributed by atoms with Gasteiger partial charge in [0.15, 0.2) is 0 Å². The summed E-state index contributed by atoms with van der Waals surface area (Å²) in [6.07, 6.45) is 0. The summed E-state index contributed by atoms with van der Waals surface area (Å²) in [6.45, 7) is 8.85. The van der Waals surface area contributed by atoms with Crippen LogP contribution in [0.5, 0.6) is 0 Å². The van der Waals surface area contributed by atoms with Crippen molar-refractivity contribution in [2.24, 2.45) is 0 Å². The summed E-state index contributed by atoms with van der Waals surface area (Å²) < 4.78 is 0. The van der Waals surface area contributed by atoms with Crippen molar-refractivity contribution in [1.29, 1.82) is 0 Å². The van der Waals surface area contributed by atoms with Crippen LogP contribution in [0.4, 0.5) is 0 Å². The Morgan fingerprint density at radius 1 is 1.07 bits per heavy atom. The number of rotatable bonds is 0. The Labute approximate surface area is 125 Å². The summed E-state index contributed by atoms with van der Waals surface area (Å²) in [6, 6.07) is 6.62. The third-order valence-corrected chi connectivity index (χ3v) is 1.77. The smallest absolute Gasteiger partial charge is 1.00 e. The van der Waals surface area contributed by atoms with Crippen LogP contribution in [0.3, 0.4) is 0 Å². The van der Waals surface area contributed by atoms with E-state index in [0.29, 0.717) is 5.41 Å². The minimum absolute atomic E-state index is 0. The average molecular weight is 333 g/mol. The summed E-state index contributed by atoms with van der Waals surface area (Å²) >= 11 is 0. The standard InChI is InChI=1S/C10H15.3ClH.Zr/c1-8-5-6-9(7-8)10(2,3)4;;;;/h5-7H,1-4H3;3*1H;/q-1;;;;+4/p-3. The van der Waals surface area contributed by atoms with Crippen LogP contribution in [0.2, 0.25) is 0 Å². The number of halogens is 3. The van der Waals surface area contributed by atoms with E-state index in [1.807, 2.05) is 0 Å². The molecule has 0 aliphatic rings. The maximum absolute atomic E-state index is 2.25. The summed E-state index contributed by atoms with van der Waals surface area (Å²) in [7, 11) is 0. The first-order chi connectivity index (χ1) is 4.50. The van der Waals surface area contributed by atoms with Crippen molar-refractivity contribution in [3.8, 4) is 0 Å².